The van der Waals surface area contributed by atoms with Gasteiger partial charge in [-0.2, -0.15) is 0 Å². The minimum atomic E-state index is -0.508. The lowest BCUT2D eigenvalue weighted by Gasteiger charge is -2.38. The molecule has 104 valence electrons. The van der Waals surface area contributed by atoms with E-state index < -0.39 is 11.9 Å². The second kappa shape index (κ2) is 6.18. The summed E-state index contributed by atoms with van der Waals surface area (Å²) in [5.74, 6) is 0.110. The van der Waals surface area contributed by atoms with Crippen molar-refractivity contribution in [2.75, 3.05) is 19.6 Å². The zero-order chi connectivity index (χ0) is 13.9. The molecular weight excluding hydrogens is 230 g/mol. The van der Waals surface area contributed by atoms with E-state index in [0.717, 1.165) is 6.54 Å². The number of carbonyl (C=O) groups excluding carboxylic acids is 2. The predicted molar refractivity (Wildman–Crippen MR) is 70.7 cm³/mol. The summed E-state index contributed by atoms with van der Waals surface area (Å²) in [7, 11) is 0. The standard InChI is InChI=1S/C13H25N3O2/c1-8(2)11(9(3)4)13(18)16-6-5-15-7-10(16)12(14)17/h8-11,15H,5-7H2,1-4H3,(H2,14,17). The third-order valence-corrected chi connectivity index (χ3v) is 3.58. The quantitative estimate of drug-likeness (QED) is 0.753. The first-order valence-corrected chi connectivity index (χ1v) is 6.66. The fourth-order valence-corrected chi connectivity index (χ4v) is 2.75. The number of hydrogen-bond donors (Lipinski definition) is 2. The molecule has 0 radical (unpaired) electrons. The third kappa shape index (κ3) is 3.22. The molecule has 0 spiro atoms. The third-order valence-electron chi connectivity index (χ3n) is 3.58. The number of primary amides is 1. The van der Waals surface area contributed by atoms with E-state index in [1.54, 1.807) is 4.90 Å². The van der Waals surface area contributed by atoms with E-state index in [4.69, 9.17) is 5.73 Å². The lowest BCUT2D eigenvalue weighted by atomic mass is 9.84. The second-order valence-electron chi connectivity index (χ2n) is 5.67. The molecule has 0 aliphatic carbocycles. The van der Waals surface area contributed by atoms with E-state index in [1.165, 1.54) is 0 Å². The van der Waals surface area contributed by atoms with Crippen LogP contribution in [0.2, 0.25) is 0 Å². The molecule has 0 aromatic rings. The van der Waals surface area contributed by atoms with Gasteiger partial charge in [-0.15, -0.1) is 0 Å². The van der Waals surface area contributed by atoms with Gasteiger partial charge in [0, 0.05) is 25.6 Å². The van der Waals surface area contributed by atoms with Gasteiger partial charge in [0.15, 0.2) is 0 Å². The number of nitrogens with one attached hydrogen (secondary N) is 1. The molecule has 1 rings (SSSR count). The van der Waals surface area contributed by atoms with Gasteiger partial charge in [0.25, 0.3) is 0 Å². The molecule has 0 bridgehead atoms. The Kier molecular flexibility index (Phi) is 5.14. The zero-order valence-corrected chi connectivity index (χ0v) is 11.8. The summed E-state index contributed by atoms with van der Waals surface area (Å²) in [5, 5.41) is 3.10. The summed E-state index contributed by atoms with van der Waals surface area (Å²) in [6.07, 6.45) is 0. The van der Waals surface area contributed by atoms with Crippen molar-refractivity contribution in [3.8, 4) is 0 Å². The molecule has 1 aliphatic heterocycles. The van der Waals surface area contributed by atoms with E-state index in [0.29, 0.717) is 13.1 Å². The van der Waals surface area contributed by atoms with Crippen LogP contribution in [-0.2, 0) is 9.59 Å². The zero-order valence-electron chi connectivity index (χ0n) is 11.8. The summed E-state index contributed by atoms with van der Waals surface area (Å²) in [4.78, 5) is 25.7. The summed E-state index contributed by atoms with van der Waals surface area (Å²) >= 11 is 0. The molecule has 1 heterocycles. The molecule has 1 saturated heterocycles. The van der Waals surface area contributed by atoms with Crippen LogP contribution in [0.4, 0.5) is 0 Å². The fraction of sp³-hybridized carbons (Fsp3) is 0.846. The van der Waals surface area contributed by atoms with Crippen LogP contribution < -0.4 is 11.1 Å². The Hall–Kier alpha value is -1.10. The molecule has 2 amide bonds. The monoisotopic (exact) mass is 255 g/mol. The van der Waals surface area contributed by atoms with Gasteiger partial charge in [-0.05, 0) is 11.8 Å². The van der Waals surface area contributed by atoms with E-state index in [9.17, 15) is 9.59 Å². The number of piperazine rings is 1. The number of amides is 2. The number of rotatable bonds is 4. The molecule has 0 saturated carbocycles. The van der Waals surface area contributed by atoms with Gasteiger partial charge in [0.2, 0.25) is 11.8 Å². The van der Waals surface area contributed by atoms with Gasteiger partial charge >= 0.3 is 0 Å². The molecule has 5 heteroatoms. The van der Waals surface area contributed by atoms with Crippen molar-refractivity contribution in [2.24, 2.45) is 23.5 Å². The van der Waals surface area contributed by atoms with E-state index in [2.05, 4.69) is 5.32 Å². The van der Waals surface area contributed by atoms with Crippen molar-refractivity contribution >= 4 is 11.8 Å². The molecule has 1 unspecified atom stereocenters. The van der Waals surface area contributed by atoms with Gasteiger partial charge in [-0.1, -0.05) is 27.7 Å². The van der Waals surface area contributed by atoms with Crippen molar-refractivity contribution in [2.45, 2.75) is 33.7 Å². The van der Waals surface area contributed by atoms with E-state index in [1.807, 2.05) is 27.7 Å². The Labute approximate surface area is 109 Å². The number of carbonyl (C=O) groups is 2. The van der Waals surface area contributed by atoms with Crippen LogP contribution in [0.3, 0.4) is 0 Å². The first-order valence-electron chi connectivity index (χ1n) is 6.66. The van der Waals surface area contributed by atoms with E-state index >= 15 is 0 Å². The van der Waals surface area contributed by atoms with Gasteiger partial charge in [-0.25, -0.2) is 0 Å². The van der Waals surface area contributed by atoms with Crippen LogP contribution in [-0.4, -0.2) is 42.4 Å². The van der Waals surface area contributed by atoms with Crippen LogP contribution in [0.5, 0.6) is 0 Å². The second-order valence-corrected chi connectivity index (χ2v) is 5.67. The SMILES string of the molecule is CC(C)C(C(=O)N1CCNCC1C(N)=O)C(C)C. The molecule has 1 fully saturated rings. The Balaban J connectivity index is 2.88. The Morgan fingerprint density at radius 3 is 2.22 bits per heavy atom. The molecule has 1 atom stereocenters. The topological polar surface area (TPSA) is 75.4 Å². The Bertz CT molecular complexity index is 307. The van der Waals surface area contributed by atoms with Gasteiger partial charge in [-0.3, -0.25) is 9.59 Å². The first kappa shape index (κ1) is 15.0. The van der Waals surface area contributed by atoms with Gasteiger partial charge in [0.1, 0.15) is 6.04 Å². The molecule has 5 nitrogen and oxygen atoms in total. The molecule has 1 aliphatic rings. The van der Waals surface area contributed by atoms with Crippen LogP contribution in [0.1, 0.15) is 27.7 Å². The highest BCUT2D eigenvalue weighted by Crippen LogP contribution is 2.24. The lowest BCUT2D eigenvalue weighted by Crippen LogP contribution is -2.60. The number of nitrogens with zero attached hydrogens (tertiary/aromatic N) is 1. The first-order chi connectivity index (χ1) is 8.36. The summed E-state index contributed by atoms with van der Waals surface area (Å²) in [5.41, 5.74) is 5.37. The number of hydrogen-bond acceptors (Lipinski definition) is 3. The van der Waals surface area contributed by atoms with Crippen LogP contribution >= 0.6 is 0 Å². The average Bonchev–Trinajstić information content (AvgIpc) is 2.27. The molecular formula is C13H25N3O2. The lowest BCUT2D eigenvalue weighted by molar-refractivity contribution is -0.146. The minimum absolute atomic E-state index is 0.0510. The molecule has 0 aromatic carbocycles. The highest BCUT2D eigenvalue weighted by atomic mass is 16.2. The predicted octanol–water partition coefficient (Wildman–Crippen LogP) is 0.200. The van der Waals surface area contributed by atoms with Crippen LogP contribution in [0.25, 0.3) is 0 Å². The van der Waals surface area contributed by atoms with Crippen LogP contribution in [0, 0.1) is 17.8 Å². The largest absolute Gasteiger partial charge is 0.368 e. The molecule has 0 aromatic heterocycles. The Morgan fingerprint density at radius 1 is 1.22 bits per heavy atom. The minimum Gasteiger partial charge on any atom is -0.368 e. The van der Waals surface area contributed by atoms with Crippen molar-refractivity contribution in [3.63, 3.8) is 0 Å². The fourth-order valence-electron chi connectivity index (χ4n) is 2.75. The van der Waals surface area contributed by atoms with Gasteiger partial charge < -0.3 is 16.0 Å². The summed E-state index contributed by atoms with van der Waals surface area (Å²) in [6.45, 7) is 9.92. The molecule has 18 heavy (non-hydrogen) atoms. The highest BCUT2D eigenvalue weighted by Gasteiger charge is 2.36. The van der Waals surface area contributed by atoms with Gasteiger partial charge in [0.05, 0.1) is 0 Å². The summed E-state index contributed by atoms with van der Waals surface area (Å²) < 4.78 is 0. The highest BCUT2D eigenvalue weighted by molar-refractivity contribution is 5.88. The van der Waals surface area contributed by atoms with E-state index in [-0.39, 0.29) is 23.7 Å². The van der Waals surface area contributed by atoms with Crippen LogP contribution in [0.15, 0.2) is 0 Å². The van der Waals surface area contributed by atoms with Crippen molar-refractivity contribution in [1.82, 2.24) is 10.2 Å². The smallest absolute Gasteiger partial charge is 0.241 e. The maximum absolute atomic E-state index is 12.6. The van der Waals surface area contributed by atoms with Crippen molar-refractivity contribution in [1.29, 1.82) is 0 Å². The maximum Gasteiger partial charge on any atom is 0.241 e. The average molecular weight is 255 g/mol. The normalized spacial score (nSPS) is 20.8. The van der Waals surface area contributed by atoms with Crippen molar-refractivity contribution < 1.29 is 9.59 Å². The maximum atomic E-state index is 12.6. The number of nitrogens with two attached hydrogens (primary N) is 1. The molecule has 3 N–H and O–H groups in total. The Morgan fingerprint density at radius 2 is 1.78 bits per heavy atom. The summed E-state index contributed by atoms with van der Waals surface area (Å²) in [6, 6.07) is -0.508. The van der Waals surface area contributed by atoms with Crippen molar-refractivity contribution in [3.05, 3.63) is 0 Å².